The Balaban J connectivity index is 1.61. The zero-order chi connectivity index (χ0) is 22.6. The second-order valence-corrected chi connectivity index (χ2v) is 9.40. The lowest BCUT2D eigenvalue weighted by molar-refractivity contribution is -0.137. The van der Waals surface area contributed by atoms with Gasteiger partial charge in [-0.15, -0.1) is 0 Å². The topological polar surface area (TPSA) is 90.0 Å². The SMILES string of the molecule is CC(=O)c1cc(F)ccc1OCC1CN(C(=O)CS(=O)(=O)c2ccc(C)cc2)CCO1. The molecular formula is C22H24FNO6S. The molecule has 7 nitrogen and oxygen atoms in total. The number of ether oxygens (including phenoxy) is 2. The molecule has 31 heavy (non-hydrogen) atoms. The van der Waals surface area contributed by atoms with Crippen LogP contribution in [0.5, 0.6) is 5.75 Å². The van der Waals surface area contributed by atoms with E-state index in [1.807, 2.05) is 6.92 Å². The summed E-state index contributed by atoms with van der Waals surface area (Å²) >= 11 is 0. The Kier molecular flexibility index (Phi) is 7.07. The predicted octanol–water partition coefficient (Wildman–Crippen LogP) is 2.42. The predicted molar refractivity (Wildman–Crippen MR) is 111 cm³/mol. The molecule has 0 N–H and O–H groups in total. The van der Waals surface area contributed by atoms with Crippen LogP contribution in [0.2, 0.25) is 0 Å². The van der Waals surface area contributed by atoms with E-state index in [4.69, 9.17) is 9.47 Å². The van der Waals surface area contributed by atoms with Crippen molar-refractivity contribution in [2.75, 3.05) is 32.1 Å². The molecule has 1 aliphatic rings. The highest BCUT2D eigenvalue weighted by Crippen LogP contribution is 2.21. The first kappa shape index (κ1) is 22.9. The molecule has 1 aliphatic heterocycles. The van der Waals surface area contributed by atoms with Crippen LogP contribution in [0, 0.1) is 12.7 Å². The van der Waals surface area contributed by atoms with Crippen molar-refractivity contribution in [1.29, 1.82) is 0 Å². The summed E-state index contributed by atoms with van der Waals surface area (Å²) in [6.07, 6.45) is -0.510. The molecule has 0 aliphatic carbocycles. The Labute approximate surface area is 180 Å². The average Bonchev–Trinajstić information content (AvgIpc) is 2.73. The number of hydrogen-bond acceptors (Lipinski definition) is 6. The summed E-state index contributed by atoms with van der Waals surface area (Å²) in [7, 11) is -3.75. The number of rotatable bonds is 7. The van der Waals surface area contributed by atoms with E-state index in [9.17, 15) is 22.4 Å². The van der Waals surface area contributed by atoms with Gasteiger partial charge in [-0.25, -0.2) is 12.8 Å². The van der Waals surface area contributed by atoms with Crippen molar-refractivity contribution < 1.29 is 31.9 Å². The van der Waals surface area contributed by atoms with Gasteiger partial charge in [-0.2, -0.15) is 0 Å². The van der Waals surface area contributed by atoms with E-state index in [1.165, 1.54) is 36.1 Å². The second-order valence-electron chi connectivity index (χ2n) is 7.41. The third-order valence-corrected chi connectivity index (χ3v) is 6.55. The zero-order valence-electron chi connectivity index (χ0n) is 17.3. The third-order valence-electron chi connectivity index (χ3n) is 4.93. The van der Waals surface area contributed by atoms with Crippen molar-refractivity contribution in [2.24, 2.45) is 0 Å². The van der Waals surface area contributed by atoms with E-state index in [0.29, 0.717) is 0 Å². The molecule has 0 aromatic heterocycles. The Bertz CT molecular complexity index is 1070. The summed E-state index contributed by atoms with van der Waals surface area (Å²) in [6, 6.07) is 10.0. The number of hydrogen-bond donors (Lipinski definition) is 0. The minimum atomic E-state index is -3.75. The minimum Gasteiger partial charge on any atom is -0.490 e. The molecule has 1 unspecified atom stereocenters. The van der Waals surface area contributed by atoms with Gasteiger partial charge in [0.05, 0.1) is 23.6 Å². The lowest BCUT2D eigenvalue weighted by Gasteiger charge is -2.33. The molecule has 0 saturated carbocycles. The largest absolute Gasteiger partial charge is 0.490 e. The summed E-state index contributed by atoms with van der Waals surface area (Å²) < 4.78 is 49.7. The number of Topliss-reactive ketones (excluding diaryl/α,β-unsaturated/α-hetero) is 1. The van der Waals surface area contributed by atoms with Crippen molar-refractivity contribution in [3.05, 3.63) is 59.4 Å². The molecule has 1 fully saturated rings. The summed E-state index contributed by atoms with van der Waals surface area (Å²) in [6.45, 7) is 3.84. The first-order chi connectivity index (χ1) is 14.7. The molecule has 1 saturated heterocycles. The van der Waals surface area contributed by atoms with Gasteiger partial charge >= 0.3 is 0 Å². The number of amides is 1. The van der Waals surface area contributed by atoms with Gasteiger partial charge in [0.2, 0.25) is 5.91 Å². The fraction of sp³-hybridized carbons (Fsp3) is 0.364. The van der Waals surface area contributed by atoms with Crippen LogP contribution in [0.25, 0.3) is 0 Å². The van der Waals surface area contributed by atoms with Crippen LogP contribution >= 0.6 is 0 Å². The monoisotopic (exact) mass is 449 g/mol. The van der Waals surface area contributed by atoms with Crippen LogP contribution in [0.4, 0.5) is 4.39 Å². The standard InChI is InChI=1S/C22H24FNO6S/c1-15-3-6-19(7-4-15)31(27,28)14-22(26)24-9-10-29-18(12-24)13-30-21-8-5-17(23)11-20(21)16(2)25/h3-8,11,18H,9-10,12-14H2,1-2H3. The summed E-state index contributed by atoms with van der Waals surface area (Å²) in [5, 5.41) is 0. The van der Waals surface area contributed by atoms with Gasteiger partial charge in [0.1, 0.15) is 30.0 Å². The Morgan fingerprint density at radius 3 is 2.58 bits per heavy atom. The number of carbonyl (C=O) groups excluding carboxylic acids is 2. The fourth-order valence-corrected chi connectivity index (χ4v) is 4.44. The van der Waals surface area contributed by atoms with Crippen molar-refractivity contribution >= 4 is 21.5 Å². The second kappa shape index (κ2) is 9.57. The fourth-order valence-electron chi connectivity index (χ4n) is 3.22. The number of aryl methyl sites for hydroxylation is 1. The number of ketones is 1. The van der Waals surface area contributed by atoms with Crippen LogP contribution in [0.3, 0.4) is 0 Å². The first-order valence-corrected chi connectivity index (χ1v) is 11.4. The third kappa shape index (κ3) is 5.89. The molecule has 9 heteroatoms. The molecule has 2 aromatic rings. The van der Waals surface area contributed by atoms with Crippen molar-refractivity contribution in [1.82, 2.24) is 4.90 Å². The average molecular weight is 450 g/mol. The van der Waals surface area contributed by atoms with E-state index in [0.717, 1.165) is 11.6 Å². The number of sulfone groups is 1. The summed E-state index contributed by atoms with van der Waals surface area (Å²) in [5.74, 6) is -1.80. The molecule has 1 atom stereocenters. The van der Waals surface area contributed by atoms with Crippen LogP contribution in [-0.2, 0) is 19.4 Å². The molecule has 1 heterocycles. The Hall–Kier alpha value is -2.78. The van der Waals surface area contributed by atoms with Gasteiger partial charge in [0, 0.05) is 6.54 Å². The van der Waals surface area contributed by atoms with E-state index >= 15 is 0 Å². The summed E-state index contributed by atoms with van der Waals surface area (Å²) in [5.41, 5.74) is 1.04. The van der Waals surface area contributed by atoms with Gasteiger partial charge in [0.15, 0.2) is 15.6 Å². The Morgan fingerprint density at radius 2 is 1.90 bits per heavy atom. The highest BCUT2D eigenvalue weighted by molar-refractivity contribution is 7.92. The Morgan fingerprint density at radius 1 is 1.19 bits per heavy atom. The highest BCUT2D eigenvalue weighted by Gasteiger charge is 2.29. The summed E-state index contributed by atoms with van der Waals surface area (Å²) in [4.78, 5) is 25.8. The maximum absolute atomic E-state index is 13.4. The molecule has 0 spiro atoms. The van der Waals surface area contributed by atoms with E-state index in [2.05, 4.69) is 0 Å². The number of halogens is 1. The van der Waals surface area contributed by atoms with Gasteiger partial charge < -0.3 is 14.4 Å². The van der Waals surface area contributed by atoms with Crippen LogP contribution < -0.4 is 4.74 Å². The number of morpholine rings is 1. The first-order valence-electron chi connectivity index (χ1n) is 9.78. The van der Waals surface area contributed by atoms with Crippen LogP contribution in [0.1, 0.15) is 22.8 Å². The normalized spacial score (nSPS) is 16.7. The van der Waals surface area contributed by atoms with Crippen LogP contribution in [0.15, 0.2) is 47.4 Å². The number of benzene rings is 2. The lowest BCUT2D eigenvalue weighted by Crippen LogP contribution is -2.49. The van der Waals surface area contributed by atoms with E-state index in [1.54, 1.807) is 12.1 Å². The van der Waals surface area contributed by atoms with E-state index in [-0.39, 0.29) is 48.3 Å². The van der Waals surface area contributed by atoms with Gasteiger partial charge in [-0.05, 0) is 44.2 Å². The molecule has 166 valence electrons. The zero-order valence-corrected chi connectivity index (χ0v) is 18.2. The van der Waals surface area contributed by atoms with E-state index < -0.39 is 33.4 Å². The highest BCUT2D eigenvalue weighted by atomic mass is 32.2. The van der Waals surface area contributed by atoms with Gasteiger partial charge in [0.25, 0.3) is 0 Å². The van der Waals surface area contributed by atoms with Crippen LogP contribution in [-0.4, -0.2) is 63.2 Å². The molecular weight excluding hydrogens is 425 g/mol. The minimum absolute atomic E-state index is 0.0282. The molecule has 0 bridgehead atoms. The molecule has 1 amide bonds. The molecule has 3 rings (SSSR count). The maximum Gasteiger partial charge on any atom is 0.238 e. The molecule has 0 radical (unpaired) electrons. The molecule has 2 aromatic carbocycles. The number of nitrogens with zero attached hydrogens (tertiary/aromatic N) is 1. The van der Waals surface area contributed by atoms with Crippen molar-refractivity contribution in [3.8, 4) is 5.75 Å². The van der Waals surface area contributed by atoms with Crippen molar-refractivity contribution in [2.45, 2.75) is 24.8 Å². The van der Waals surface area contributed by atoms with Crippen molar-refractivity contribution in [3.63, 3.8) is 0 Å². The number of carbonyl (C=O) groups is 2. The lowest BCUT2D eigenvalue weighted by atomic mass is 10.1. The smallest absolute Gasteiger partial charge is 0.238 e. The van der Waals surface area contributed by atoms with Gasteiger partial charge in [-0.3, -0.25) is 9.59 Å². The quantitative estimate of drug-likeness (QED) is 0.603. The maximum atomic E-state index is 13.4. The van der Waals surface area contributed by atoms with Gasteiger partial charge in [-0.1, -0.05) is 17.7 Å².